The molecule has 1 unspecified atom stereocenters. The molecule has 0 radical (unpaired) electrons. The van der Waals surface area contributed by atoms with Gasteiger partial charge in [0.1, 0.15) is 0 Å². The van der Waals surface area contributed by atoms with E-state index in [1.54, 1.807) is 18.2 Å². The average Bonchev–Trinajstić information content (AvgIpc) is 2.45. The number of hydrogen-bond acceptors (Lipinski definition) is 5. The van der Waals surface area contributed by atoms with Gasteiger partial charge in [-0.2, -0.15) is 0 Å². The first-order valence-electron chi connectivity index (χ1n) is 7.00. The first-order valence-corrected chi connectivity index (χ1v) is 7.00. The Balaban J connectivity index is 1.99. The summed E-state index contributed by atoms with van der Waals surface area (Å²) in [6.07, 6.45) is 2.47. The molecular weight excluding hydrogens is 254 g/mol. The molecule has 0 bridgehead atoms. The third-order valence-corrected chi connectivity index (χ3v) is 3.78. The van der Waals surface area contributed by atoms with Crippen molar-refractivity contribution in [3.8, 4) is 0 Å². The van der Waals surface area contributed by atoms with Gasteiger partial charge in [-0.15, -0.1) is 0 Å². The topological polar surface area (TPSA) is 67.6 Å². The molecule has 0 aromatic heterocycles. The summed E-state index contributed by atoms with van der Waals surface area (Å²) in [7, 11) is 3.53. The fraction of sp³-hybridized carbons (Fsp3) is 0.533. The largest absolute Gasteiger partial charge is 0.465 e. The standard InChI is InChI=1S/C15H23N3O2/c1-18-7-3-4-11(10-18)9-17-14-8-12(15(19)20-2)5-6-13(14)16/h5-6,8,11,17H,3-4,7,9-10,16H2,1-2H3. The van der Waals surface area contributed by atoms with E-state index in [0.29, 0.717) is 17.2 Å². The van der Waals surface area contributed by atoms with Gasteiger partial charge in [-0.3, -0.25) is 0 Å². The van der Waals surface area contributed by atoms with Gasteiger partial charge in [0.25, 0.3) is 0 Å². The molecule has 20 heavy (non-hydrogen) atoms. The van der Waals surface area contributed by atoms with Crippen LogP contribution < -0.4 is 11.1 Å². The zero-order chi connectivity index (χ0) is 14.5. The molecule has 5 nitrogen and oxygen atoms in total. The molecule has 5 heteroatoms. The molecule has 3 N–H and O–H groups in total. The number of hydrogen-bond donors (Lipinski definition) is 2. The highest BCUT2D eigenvalue weighted by atomic mass is 16.5. The Hall–Kier alpha value is -1.75. The lowest BCUT2D eigenvalue weighted by molar-refractivity contribution is 0.0601. The molecule has 1 aliphatic rings. The van der Waals surface area contributed by atoms with Gasteiger partial charge < -0.3 is 20.7 Å². The molecule has 1 heterocycles. The maximum atomic E-state index is 11.5. The van der Waals surface area contributed by atoms with Gasteiger partial charge in [0.05, 0.1) is 24.0 Å². The number of esters is 1. The second kappa shape index (κ2) is 6.61. The lowest BCUT2D eigenvalue weighted by Crippen LogP contribution is -2.35. The van der Waals surface area contributed by atoms with Crippen molar-refractivity contribution in [3.05, 3.63) is 23.8 Å². The third-order valence-electron chi connectivity index (χ3n) is 3.78. The van der Waals surface area contributed by atoms with E-state index in [0.717, 1.165) is 18.8 Å². The summed E-state index contributed by atoms with van der Waals surface area (Å²) >= 11 is 0. The van der Waals surface area contributed by atoms with Gasteiger partial charge in [-0.25, -0.2) is 4.79 Å². The van der Waals surface area contributed by atoms with E-state index in [2.05, 4.69) is 17.3 Å². The van der Waals surface area contributed by atoms with Crippen LogP contribution in [0.2, 0.25) is 0 Å². The highest BCUT2D eigenvalue weighted by Crippen LogP contribution is 2.22. The zero-order valence-corrected chi connectivity index (χ0v) is 12.2. The predicted octanol–water partition coefficient (Wildman–Crippen LogP) is 1.81. The quantitative estimate of drug-likeness (QED) is 0.649. The second-order valence-corrected chi connectivity index (χ2v) is 5.45. The normalized spacial score (nSPS) is 19.6. The highest BCUT2D eigenvalue weighted by molar-refractivity contribution is 5.91. The summed E-state index contributed by atoms with van der Waals surface area (Å²) < 4.78 is 4.73. The number of nitrogens with zero attached hydrogens (tertiary/aromatic N) is 1. The minimum atomic E-state index is -0.342. The first-order chi connectivity index (χ1) is 9.60. The summed E-state index contributed by atoms with van der Waals surface area (Å²) in [6, 6.07) is 5.18. The van der Waals surface area contributed by atoms with E-state index in [4.69, 9.17) is 10.5 Å². The molecule has 0 aliphatic carbocycles. The molecule has 1 aromatic carbocycles. The molecule has 0 spiro atoms. The van der Waals surface area contributed by atoms with Crippen molar-refractivity contribution >= 4 is 17.3 Å². The van der Waals surface area contributed by atoms with Gasteiger partial charge in [-0.1, -0.05) is 0 Å². The zero-order valence-electron chi connectivity index (χ0n) is 12.2. The van der Waals surface area contributed by atoms with Crippen LogP contribution >= 0.6 is 0 Å². The first kappa shape index (κ1) is 14.7. The number of methoxy groups -OCH3 is 1. The van der Waals surface area contributed by atoms with Crippen molar-refractivity contribution in [2.45, 2.75) is 12.8 Å². The molecule has 0 amide bonds. The summed E-state index contributed by atoms with van der Waals surface area (Å²) in [5.74, 6) is 0.278. The molecule has 1 atom stereocenters. The van der Waals surface area contributed by atoms with Crippen molar-refractivity contribution in [2.75, 3.05) is 44.8 Å². The molecule has 110 valence electrons. The van der Waals surface area contributed by atoms with Crippen LogP contribution in [0, 0.1) is 5.92 Å². The van der Waals surface area contributed by atoms with Gasteiger partial charge >= 0.3 is 5.97 Å². The number of nitrogens with two attached hydrogens (primary N) is 1. The number of rotatable bonds is 4. The Morgan fingerprint density at radius 1 is 1.55 bits per heavy atom. The molecule has 1 aliphatic heterocycles. The maximum absolute atomic E-state index is 11.5. The molecular formula is C15H23N3O2. The van der Waals surface area contributed by atoms with Crippen molar-refractivity contribution < 1.29 is 9.53 Å². The predicted molar refractivity (Wildman–Crippen MR) is 80.9 cm³/mol. The number of nitrogens with one attached hydrogen (secondary N) is 1. The van der Waals surface area contributed by atoms with Gasteiger partial charge in [-0.05, 0) is 50.6 Å². The van der Waals surface area contributed by atoms with Crippen molar-refractivity contribution in [1.82, 2.24) is 4.90 Å². The molecule has 0 saturated carbocycles. The summed E-state index contributed by atoms with van der Waals surface area (Å²) in [5.41, 5.74) is 7.93. The monoisotopic (exact) mass is 277 g/mol. The van der Waals surface area contributed by atoms with Crippen molar-refractivity contribution in [1.29, 1.82) is 0 Å². The lowest BCUT2D eigenvalue weighted by atomic mass is 9.98. The number of anilines is 2. The average molecular weight is 277 g/mol. The van der Waals surface area contributed by atoms with E-state index < -0.39 is 0 Å². The van der Waals surface area contributed by atoms with E-state index >= 15 is 0 Å². The van der Waals surface area contributed by atoms with Crippen LogP contribution in [0.25, 0.3) is 0 Å². The van der Waals surface area contributed by atoms with Crippen molar-refractivity contribution in [3.63, 3.8) is 0 Å². The van der Waals surface area contributed by atoms with E-state index in [-0.39, 0.29) is 5.97 Å². The fourth-order valence-corrected chi connectivity index (χ4v) is 2.65. The van der Waals surface area contributed by atoms with Crippen LogP contribution in [0.3, 0.4) is 0 Å². The Bertz CT molecular complexity index is 476. The number of ether oxygens (including phenoxy) is 1. The summed E-state index contributed by atoms with van der Waals surface area (Å²) in [4.78, 5) is 13.9. The fourth-order valence-electron chi connectivity index (χ4n) is 2.65. The molecule has 2 rings (SSSR count). The van der Waals surface area contributed by atoms with Crippen molar-refractivity contribution in [2.24, 2.45) is 5.92 Å². The van der Waals surface area contributed by atoms with Crippen LogP contribution in [-0.2, 0) is 4.74 Å². The third kappa shape index (κ3) is 3.63. The van der Waals surface area contributed by atoms with Crippen LogP contribution in [-0.4, -0.2) is 44.7 Å². The van der Waals surface area contributed by atoms with Crippen LogP contribution in [0.1, 0.15) is 23.2 Å². The Labute approximate surface area is 120 Å². The number of likely N-dealkylation sites (tertiary alicyclic amines) is 1. The van der Waals surface area contributed by atoms with Crippen LogP contribution in [0.15, 0.2) is 18.2 Å². The highest BCUT2D eigenvalue weighted by Gasteiger charge is 2.17. The Morgan fingerprint density at radius 2 is 2.35 bits per heavy atom. The minimum Gasteiger partial charge on any atom is -0.465 e. The van der Waals surface area contributed by atoms with Gasteiger partial charge in [0.2, 0.25) is 0 Å². The summed E-state index contributed by atoms with van der Waals surface area (Å²) in [5, 5.41) is 3.36. The van der Waals surface area contributed by atoms with Crippen LogP contribution in [0.4, 0.5) is 11.4 Å². The number of nitrogen functional groups attached to an aromatic ring is 1. The Kier molecular flexibility index (Phi) is 4.84. The maximum Gasteiger partial charge on any atom is 0.337 e. The summed E-state index contributed by atoms with van der Waals surface area (Å²) in [6.45, 7) is 3.15. The smallest absolute Gasteiger partial charge is 0.337 e. The lowest BCUT2D eigenvalue weighted by Gasteiger charge is -2.30. The van der Waals surface area contributed by atoms with E-state index in [1.807, 2.05) is 0 Å². The number of carbonyl (C=O) groups excluding carboxylic acids is 1. The van der Waals surface area contributed by atoms with Gasteiger partial charge in [0.15, 0.2) is 0 Å². The SMILES string of the molecule is COC(=O)c1ccc(N)c(NCC2CCCN(C)C2)c1. The van der Waals surface area contributed by atoms with E-state index in [1.165, 1.54) is 26.5 Å². The van der Waals surface area contributed by atoms with Crippen LogP contribution in [0.5, 0.6) is 0 Å². The van der Waals surface area contributed by atoms with E-state index in [9.17, 15) is 4.79 Å². The second-order valence-electron chi connectivity index (χ2n) is 5.45. The molecule has 1 aromatic rings. The minimum absolute atomic E-state index is 0.342. The number of piperidine rings is 1. The van der Waals surface area contributed by atoms with Gasteiger partial charge in [0, 0.05) is 13.1 Å². The Morgan fingerprint density at radius 3 is 3.05 bits per heavy atom. The molecule has 1 fully saturated rings. The number of benzene rings is 1. The number of carbonyl (C=O) groups is 1. The molecule has 1 saturated heterocycles.